The third kappa shape index (κ3) is 4.82. The van der Waals surface area contributed by atoms with Crippen molar-refractivity contribution in [1.29, 1.82) is 0 Å². The van der Waals surface area contributed by atoms with Crippen LogP contribution in [0.1, 0.15) is 0 Å². The standard InChI is InChI=1S/C5H11FNO2P/c1-7(2,3)4-5(8)10(6)9/h4H2,1-3H3/p+1. The molecule has 0 fully saturated rings. The molecule has 0 amide bonds. The third-order valence-corrected chi connectivity index (χ3v) is 1.37. The molecule has 0 radical (unpaired) electrons. The Morgan fingerprint density at radius 2 is 2.00 bits per heavy atom. The number of likely N-dealkylation sites (N-methyl/N-ethyl adjacent to an activating group) is 1. The van der Waals surface area contributed by atoms with E-state index in [9.17, 15) is 9.09 Å². The summed E-state index contributed by atoms with van der Waals surface area (Å²) in [4.78, 5) is 10.0. The lowest BCUT2D eigenvalue weighted by Gasteiger charge is -2.21. The number of hydrogen-bond donors (Lipinski definition) is 1. The van der Waals surface area contributed by atoms with Crippen molar-refractivity contribution in [1.82, 2.24) is 0 Å². The van der Waals surface area contributed by atoms with Crippen molar-refractivity contribution < 1.29 is 18.7 Å². The Kier molecular flexibility index (Phi) is 3.39. The number of hydrogen-bond acceptors (Lipinski definition) is 1. The molecule has 0 saturated heterocycles. The molecule has 0 aromatic heterocycles. The molecule has 0 aliphatic carbocycles. The van der Waals surface area contributed by atoms with Crippen molar-refractivity contribution in [3.8, 4) is 0 Å². The molecule has 1 N–H and O–H groups in total. The highest BCUT2D eigenvalue weighted by molar-refractivity contribution is 7.45. The second-order valence-electron chi connectivity index (χ2n) is 3.11. The Morgan fingerprint density at radius 1 is 1.60 bits per heavy atom. The largest absolute Gasteiger partial charge is 0.596 e. The van der Waals surface area contributed by atoms with Crippen molar-refractivity contribution in [2.24, 2.45) is 0 Å². The maximum absolute atomic E-state index is 11.8. The molecule has 60 valence electrons. The number of aliphatic hydroxyl groups is 1. The molecule has 0 aromatic rings. The molecule has 1 unspecified atom stereocenters. The summed E-state index contributed by atoms with van der Waals surface area (Å²) in [5.74, 6) is 0. The monoisotopic (exact) mass is 168 g/mol. The Labute approximate surface area is 60.9 Å². The summed E-state index contributed by atoms with van der Waals surface area (Å²) in [6.45, 7) is 0.0890. The van der Waals surface area contributed by atoms with E-state index in [1.165, 1.54) is 0 Å². The van der Waals surface area contributed by atoms with Crippen molar-refractivity contribution in [2.75, 3.05) is 27.7 Å². The Bertz CT molecular complexity index is 148. The quantitative estimate of drug-likeness (QED) is 0.459. The highest BCUT2D eigenvalue weighted by Gasteiger charge is 2.17. The Hall–Kier alpha value is -0.0200. The minimum Gasteiger partial charge on any atom is -0.596 e. The van der Waals surface area contributed by atoms with E-state index in [2.05, 4.69) is 0 Å². The van der Waals surface area contributed by atoms with Crippen LogP contribution in [0.5, 0.6) is 0 Å². The van der Waals surface area contributed by atoms with E-state index < -0.39 is 13.6 Å². The van der Waals surface area contributed by atoms with Crippen LogP contribution >= 0.6 is 8.08 Å². The van der Waals surface area contributed by atoms with Crippen molar-refractivity contribution in [3.05, 3.63) is 0 Å². The number of quaternary nitrogens is 1. The first kappa shape index (κ1) is 9.98. The van der Waals surface area contributed by atoms with E-state index in [1.54, 1.807) is 21.1 Å². The number of aliphatic hydroxyl groups excluding tert-OH is 1. The van der Waals surface area contributed by atoms with Gasteiger partial charge in [0, 0.05) is 4.20 Å². The third-order valence-electron chi connectivity index (χ3n) is 0.819. The minimum atomic E-state index is -3.02. The van der Waals surface area contributed by atoms with Gasteiger partial charge in [-0.15, -0.1) is 0 Å². The first-order valence-electron chi connectivity index (χ1n) is 2.81. The topological polar surface area (TPSA) is 43.3 Å². The molecular formula is C5H12FNO2P+. The first-order valence-corrected chi connectivity index (χ1v) is 3.96. The molecule has 0 heterocycles. The van der Waals surface area contributed by atoms with Crippen LogP contribution in [0.25, 0.3) is 0 Å². The lowest BCUT2D eigenvalue weighted by atomic mass is 10.5. The van der Waals surface area contributed by atoms with Gasteiger partial charge in [0.1, 0.15) is 0 Å². The molecule has 3 nitrogen and oxygen atoms in total. The Morgan fingerprint density at radius 3 is 2.10 bits per heavy atom. The summed E-state index contributed by atoms with van der Waals surface area (Å²) < 4.78 is 12.2. The van der Waals surface area contributed by atoms with Gasteiger partial charge in [-0.2, -0.15) is 0 Å². The normalized spacial score (nSPS) is 15.0. The smallest absolute Gasteiger partial charge is 0.320 e. The van der Waals surface area contributed by atoms with Gasteiger partial charge in [-0.1, -0.05) is 0 Å². The van der Waals surface area contributed by atoms with Gasteiger partial charge in [0.2, 0.25) is 0 Å². The van der Waals surface area contributed by atoms with Crippen molar-refractivity contribution in [2.45, 2.75) is 0 Å². The van der Waals surface area contributed by atoms with Crippen LogP contribution in [0, 0.1) is 0 Å². The van der Waals surface area contributed by atoms with Gasteiger partial charge in [0.25, 0.3) is 0 Å². The summed E-state index contributed by atoms with van der Waals surface area (Å²) in [5, 5.41) is 8.70. The van der Waals surface area contributed by atoms with Gasteiger partial charge in [0.15, 0.2) is 6.54 Å². The van der Waals surface area contributed by atoms with Gasteiger partial charge in [-0.3, -0.25) is 0 Å². The number of rotatable bonds is 2. The maximum Gasteiger partial charge on any atom is 0.320 e. The fraction of sp³-hybridized carbons (Fsp3) is 0.800. The van der Waals surface area contributed by atoms with Gasteiger partial charge < -0.3 is 14.5 Å². The summed E-state index contributed by atoms with van der Waals surface area (Å²) >= 11 is 0. The average molecular weight is 168 g/mol. The molecular weight excluding hydrogens is 156 g/mol. The van der Waals surface area contributed by atoms with Crippen LogP contribution < -0.4 is 4.89 Å². The van der Waals surface area contributed by atoms with Crippen LogP contribution in [0.15, 0.2) is 0 Å². The summed E-state index contributed by atoms with van der Waals surface area (Å²) in [6.07, 6.45) is 0. The fourth-order valence-electron chi connectivity index (χ4n) is 0.480. The first-order chi connectivity index (χ1) is 4.33. The molecule has 1 atom stereocenters. The maximum atomic E-state index is 11.8. The van der Waals surface area contributed by atoms with E-state index in [0.717, 1.165) is 0 Å². The van der Waals surface area contributed by atoms with Gasteiger partial charge in [-0.05, 0) is 0 Å². The van der Waals surface area contributed by atoms with Gasteiger partial charge >= 0.3 is 13.6 Å². The summed E-state index contributed by atoms with van der Waals surface area (Å²) in [7, 11) is 2.30. The average Bonchev–Trinajstić information content (AvgIpc) is 1.60. The lowest BCUT2D eigenvalue weighted by Crippen LogP contribution is -2.39. The van der Waals surface area contributed by atoms with Crippen molar-refractivity contribution in [3.63, 3.8) is 0 Å². The van der Waals surface area contributed by atoms with Crippen LogP contribution in [0.3, 0.4) is 0 Å². The van der Waals surface area contributed by atoms with Crippen LogP contribution in [-0.4, -0.2) is 42.8 Å². The zero-order valence-corrected chi connectivity index (χ0v) is 7.23. The predicted molar refractivity (Wildman–Crippen MR) is 37.9 cm³/mol. The van der Waals surface area contributed by atoms with Gasteiger partial charge in [0.05, 0.1) is 21.1 Å². The Balaban J connectivity index is 4.06. The van der Waals surface area contributed by atoms with E-state index in [4.69, 9.17) is 5.11 Å². The SMILES string of the molecule is C[N+](C)(C)C/C(O)=[P+](\[O-])F. The van der Waals surface area contributed by atoms with Crippen LogP contribution in [0.2, 0.25) is 0 Å². The van der Waals surface area contributed by atoms with E-state index in [1.807, 2.05) is 0 Å². The van der Waals surface area contributed by atoms with Crippen molar-refractivity contribution >= 4 is 13.6 Å². The number of nitrogens with zero attached hydrogens (tertiary/aromatic N) is 1. The summed E-state index contributed by atoms with van der Waals surface area (Å²) in [6, 6.07) is 0. The molecule has 5 heteroatoms. The molecule has 0 rings (SSSR count). The summed E-state index contributed by atoms with van der Waals surface area (Å²) in [5.41, 5.74) is -0.567. The van der Waals surface area contributed by atoms with E-state index >= 15 is 0 Å². The zero-order valence-electron chi connectivity index (χ0n) is 6.33. The molecule has 0 aliphatic heterocycles. The highest BCUT2D eigenvalue weighted by atomic mass is 31.1. The predicted octanol–water partition coefficient (Wildman–Crippen LogP) is -0.163. The van der Waals surface area contributed by atoms with Gasteiger partial charge in [-0.25, -0.2) is 0 Å². The van der Waals surface area contributed by atoms with Crippen LogP contribution in [-0.2, 0) is 0 Å². The van der Waals surface area contributed by atoms with E-state index in [-0.39, 0.29) is 6.54 Å². The molecule has 0 saturated carbocycles. The minimum absolute atomic E-state index is 0.0890. The molecule has 0 bridgehead atoms. The zero-order chi connectivity index (χ0) is 8.36. The lowest BCUT2D eigenvalue weighted by molar-refractivity contribution is -0.861. The van der Waals surface area contributed by atoms with Crippen LogP contribution in [0.4, 0.5) is 4.20 Å². The molecule has 0 aliphatic rings. The highest BCUT2D eigenvalue weighted by Crippen LogP contribution is 2.13. The fourth-order valence-corrected chi connectivity index (χ4v) is 1.02. The molecule has 10 heavy (non-hydrogen) atoms. The van der Waals surface area contributed by atoms with E-state index in [0.29, 0.717) is 4.48 Å². The second kappa shape index (κ2) is 3.39. The molecule has 0 aromatic carbocycles. The second-order valence-corrected chi connectivity index (χ2v) is 4.12. The number of halogens is 1. The molecule has 0 spiro atoms.